The van der Waals surface area contributed by atoms with Gasteiger partial charge in [0.05, 0.1) is 6.20 Å². The monoisotopic (exact) mass is 362 g/mol. The summed E-state index contributed by atoms with van der Waals surface area (Å²) in [5.41, 5.74) is 3.64. The van der Waals surface area contributed by atoms with E-state index < -0.39 is 0 Å². The van der Waals surface area contributed by atoms with Crippen molar-refractivity contribution in [3.05, 3.63) is 60.3 Å². The van der Waals surface area contributed by atoms with Crippen LogP contribution in [0.3, 0.4) is 0 Å². The first-order chi connectivity index (χ1) is 13.0. The molecule has 0 atom stereocenters. The van der Waals surface area contributed by atoms with Crippen molar-refractivity contribution in [3.63, 3.8) is 0 Å². The van der Waals surface area contributed by atoms with Crippen LogP contribution < -0.4 is 16.0 Å². The van der Waals surface area contributed by atoms with E-state index in [0.717, 1.165) is 11.4 Å². The Morgan fingerprint density at radius 3 is 2.56 bits per heavy atom. The van der Waals surface area contributed by atoms with Crippen LogP contribution >= 0.6 is 0 Å². The highest BCUT2D eigenvalue weighted by Crippen LogP contribution is 2.26. The number of hydrogen-bond acceptors (Lipinski definition) is 6. The van der Waals surface area contributed by atoms with Crippen molar-refractivity contribution < 1.29 is 4.79 Å². The van der Waals surface area contributed by atoms with Crippen molar-refractivity contribution >= 4 is 34.7 Å². The van der Waals surface area contributed by atoms with E-state index in [2.05, 4.69) is 51.0 Å². The molecule has 1 aromatic heterocycles. The molecule has 7 nitrogen and oxygen atoms in total. The summed E-state index contributed by atoms with van der Waals surface area (Å²) < 4.78 is 0. The van der Waals surface area contributed by atoms with Gasteiger partial charge in [0, 0.05) is 24.0 Å². The first kappa shape index (κ1) is 18.3. The minimum Gasteiger partial charge on any atom is -0.339 e. The lowest BCUT2D eigenvalue weighted by molar-refractivity contribution is -0.114. The van der Waals surface area contributed by atoms with E-state index in [1.165, 1.54) is 12.5 Å². The lowest BCUT2D eigenvalue weighted by Gasteiger charge is -2.14. The molecule has 0 unspecified atom stereocenters. The Morgan fingerprint density at radius 2 is 1.78 bits per heavy atom. The Kier molecular flexibility index (Phi) is 5.61. The summed E-state index contributed by atoms with van der Waals surface area (Å²) in [6.45, 7) is 5.76. The van der Waals surface area contributed by atoms with Crippen LogP contribution in [-0.4, -0.2) is 21.1 Å². The predicted molar refractivity (Wildman–Crippen MR) is 108 cm³/mol. The van der Waals surface area contributed by atoms with Gasteiger partial charge in [-0.15, -0.1) is 5.10 Å². The van der Waals surface area contributed by atoms with E-state index in [1.54, 1.807) is 12.3 Å². The van der Waals surface area contributed by atoms with Crippen molar-refractivity contribution in [1.82, 2.24) is 15.2 Å². The Labute approximate surface area is 158 Å². The minimum absolute atomic E-state index is 0.125. The topological polar surface area (TPSA) is 91.8 Å². The number of aromatic nitrogens is 3. The van der Waals surface area contributed by atoms with E-state index in [-0.39, 0.29) is 5.91 Å². The van der Waals surface area contributed by atoms with Crippen LogP contribution in [0.4, 0.5) is 28.8 Å². The smallest absolute Gasteiger partial charge is 0.249 e. The quantitative estimate of drug-likeness (QED) is 0.600. The van der Waals surface area contributed by atoms with Crippen LogP contribution in [0.1, 0.15) is 32.3 Å². The second kappa shape index (κ2) is 8.27. The average molecular weight is 362 g/mol. The maximum absolute atomic E-state index is 11.2. The Morgan fingerprint density at radius 1 is 1.00 bits per heavy atom. The number of rotatable bonds is 6. The molecule has 3 aromatic rings. The van der Waals surface area contributed by atoms with E-state index >= 15 is 0 Å². The van der Waals surface area contributed by atoms with Gasteiger partial charge < -0.3 is 16.0 Å². The van der Waals surface area contributed by atoms with Gasteiger partial charge in [-0.1, -0.05) is 38.1 Å². The van der Waals surface area contributed by atoms with Gasteiger partial charge in [0.25, 0.3) is 0 Å². The molecule has 0 radical (unpaired) electrons. The van der Waals surface area contributed by atoms with Crippen molar-refractivity contribution in [2.75, 3.05) is 16.0 Å². The highest BCUT2D eigenvalue weighted by atomic mass is 16.1. The second-order valence-corrected chi connectivity index (χ2v) is 6.42. The summed E-state index contributed by atoms with van der Waals surface area (Å²) in [7, 11) is 0. The molecule has 0 aliphatic heterocycles. The highest BCUT2D eigenvalue weighted by Gasteiger charge is 2.08. The van der Waals surface area contributed by atoms with Gasteiger partial charge in [-0.2, -0.15) is 10.1 Å². The molecule has 0 aliphatic carbocycles. The zero-order valence-corrected chi connectivity index (χ0v) is 15.5. The molecule has 3 N–H and O–H groups in total. The van der Waals surface area contributed by atoms with Gasteiger partial charge in [-0.25, -0.2) is 0 Å². The maximum atomic E-state index is 11.2. The molecule has 27 heavy (non-hydrogen) atoms. The average Bonchev–Trinajstić information content (AvgIpc) is 2.62. The van der Waals surface area contributed by atoms with Gasteiger partial charge >= 0.3 is 0 Å². The molecule has 0 bridgehead atoms. The molecule has 0 saturated heterocycles. The van der Waals surface area contributed by atoms with Crippen LogP contribution in [0, 0.1) is 0 Å². The lowest BCUT2D eigenvalue weighted by Crippen LogP contribution is -2.06. The zero-order valence-electron chi connectivity index (χ0n) is 15.5. The van der Waals surface area contributed by atoms with Crippen molar-refractivity contribution in [2.45, 2.75) is 26.7 Å². The number of carbonyl (C=O) groups excluding carboxylic acids is 1. The van der Waals surface area contributed by atoms with Crippen LogP contribution in [0.15, 0.2) is 54.7 Å². The first-order valence-corrected chi connectivity index (χ1v) is 8.71. The molecule has 3 rings (SSSR count). The fourth-order valence-corrected chi connectivity index (χ4v) is 2.68. The van der Waals surface area contributed by atoms with Crippen molar-refractivity contribution in [3.8, 4) is 0 Å². The number of carbonyl (C=O) groups is 1. The van der Waals surface area contributed by atoms with Crippen LogP contribution in [-0.2, 0) is 4.79 Å². The number of nitrogens with zero attached hydrogens (tertiary/aromatic N) is 3. The summed E-state index contributed by atoms with van der Waals surface area (Å²) in [5.74, 6) is 1.22. The Bertz CT molecular complexity index is 941. The van der Waals surface area contributed by atoms with E-state index in [1.807, 2.05) is 36.4 Å². The number of benzene rings is 2. The molecule has 0 saturated carbocycles. The second-order valence-electron chi connectivity index (χ2n) is 6.42. The summed E-state index contributed by atoms with van der Waals surface area (Å²) in [5, 5.41) is 17.2. The molecular formula is C20H22N6O. The van der Waals surface area contributed by atoms with Crippen molar-refractivity contribution in [1.29, 1.82) is 0 Å². The third kappa shape index (κ3) is 5.01. The predicted octanol–water partition coefficient (Wildman–Crippen LogP) is 4.44. The molecular weight excluding hydrogens is 340 g/mol. The van der Waals surface area contributed by atoms with E-state index in [9.17, 15) is 4.79 Å². The third-order valence-electron chi connectivity index (χ3n) is 3.84. The highest BCUT2D eigenvalue weighted by molar-refractivity contribution is 5.89. The molecule has 0 spiro atoms. The summed E-state index contributed by atoms with van der Waals surface area (Å²) in [6.07, 6.45) is 1.58. The van der Waals surface area contributed by atoms with E-state index in [4.69, 9.17) is 0 Å². The number of amides is 1. The van der Waals surface area contributed by atoms with Crippen LogP contribution in [0.5, 0.6) is 0 Å². The number of nitrogens with one attached hydrogen (secondary N) is 3. The molecule has 0 aliphatic rings. The normalized spacial score (nSPS) is 10.5. The number of anilines is 5. The van der Waals surface area contributed by atoms with Crippen LogP contribution in [0.2, 0.25) is 0 Å². The summed E-state index contributed by atoms with van der Waals surface area (Å²) in [6, 6.07) is 15.4. The van der Waals surface area contributed by atoms with E-state index in [0.29, 0.717) is 23.4 Å². The van der Waals surface area contributed by atoms with Gasteiger partial charge in [-0.05, 0) is 35.7 Å². The third-order valence-corrected chi connectivity index (χ3v) is 3.84. The maximum Gasteiger partial charge on any atom is 0.249 e. The molecule has 1 heterocycles. The standard InChI is InChI=1S/C20H22N6O/c1-13(2)17-9-4-5-10-18(17)24-19-12-21-26-20(25-19)23-16-8-6-7-15(11-16)22-14(3)27/h4-13H,1-3H3,(H,22,27)(H2,23,24,25,26). The number of para-hydroxylation sites is 1. The first-order valence-electron chi connectivity index (χ1n) is 8.71. The largest absolute Gasteiger partial charge is 0.339 e. The molecule has 138 valence electrons. The fraction of sp³-hybridized carbons (Fsp3) is 0.200. The van der Waals surface area contributed by atoms with Gasteiger partial charge in [-0.3, -0.25) is 4.79 Å². The molecule has 2 aromatic carbocycles. The molecule has 0 fully saturated rings. The van der Waals surface area contributed by atoms with Gasteiger partial charge in [0.15, 0.2) is 5.82 Å². The Hall–Kier alpha value is -3.48. The minimum atomic E-state index is -0.125. The SMILES string of the molecule is CC(=O)Nc1cccc(Nc2nncc(Nc3ccccc3C(C)C)n2)c1. The molecule has 7 heteroatoms. The van der Waals surface area contributed by atoms with Gasteiger partial charge in [0.2, 0.25) is 11.9 Å². The van der Waals surface area contributed by atoms with Crippen LogP contribution in [0.25, 0.3) is 0 Å². The summed E-state index contributed by atoms with van der Waals surface area (Å²) in [4.78, 5) is 15.7. The Balaban J connectivity index is 1.78. The lowest BCUT2D eigenvalue weighted by atomic mass is 10.0. The zero-order chi connectivity index (χ0) is 19.2. The number of hydrogen-bond donors (Lipinski definition) is 3. The fourth-order valence-electron chi connectivity index (χ4n) is 2.68. The summed E-state index contributed by atoms with van der Waals surface area (Å²) >= 11 is 0. The molecule has 1 amide bonds. The van der Waals surface area contributed by atoms with Crippen molar-refractivity contribution in [2.24, 2.45) is 0 Å². The van der Waals surface area contributed by atoms with Gasteiger partial charge in [0.1, 0.15) is 0 Å².